The molecule has 0 saturated carbocycles. The summed E-state index contributed by atoms with van der Waals surface area (Å²) in [5.41, 5.74) is 0. The van der Waals surface area contributed by atoms with Crippen LogP contribution < -0.4 is 5.32 Å². The molecular weight excluding hydrogens is 202 g/mol. The van der Waals surface area contributed by atoms with Crippen molar-refractivity contribution in [3.05, 3.63) is 23.7 Å². The average molecular weight is 225 g/mol. The van der Waals surface area contributed by atoms with Crippen LogP contribution in [0.25, 0.3) is 0 Å². The Labute approximate surface area is 97.9 Å². The first-order valence-electron chi connectivity index (χ1n) is 5.96. The minimum absolute atomic E-state index is 0.224. The van der Waals surface area contributed by atoms with Gasteiger partial charge in [0.25, 0.3) is 0 Å². The number of nitrogens with one attached hydrogen (secondary N) is 1. The van der Waals surface area contributed by atoms with E-state index >= 15 is 0 Å². The third-order valence-electron chi connectivity index (χ3n) is 2.70. The maximum Gasteiger partial charge on any atom is 0.120 e. The Morgan fingerprint density at radius 1 is 1.31 bits per heavy atom. The molecule has 92 valence electrons. The monoisotopic (exact) mass is 225 g/mol. The Kier molecular flexibility index (Phi) is 5.03. The van der Waals surface area contributed by atoms with Crippen LogP contribution in [0.2, 0.25) is 0 Å². The van der Waals surface area contributed by atoms with E-state index in [-0.39, 0.29) is 12.1 Å². The third-order valence-corrected chi connectivity index (χ3v) is 2.70. The smallest absolute Gasteiger partial charge is 0.120 e. The van der Waals surface area contributed by atoms with Crippen LogP contribution in [0.1, 0.15) is 44.8 Å². The largest absolute Gasteiger partial charge is 0.465 e. The van der Waals surface area contributed by atoms with E-state index in [0.29, 0.717) is 5.92 Å². The van der Waals surface area contributed by atoms with E-state index in [1.807, 2.05) is 26.0 Å². The molecule has 1 rings (SSSR count). The standard InChI is InChI=1S/C13H23NO2/c1-9(7-10(2)15)8-14-12(4)13-6-5-11(3)16-13/h5-6,9-10,12,14-15H,7-8H2,1-4H3. The first-order valence-corrected chi connectivity index (χ1v) is 5.96. The Morgan fingerprint density at radius 2 is 2.00 bits per heavy atom. The van der Waals surface area contributed by atoms with E-state index in [2.05, 4.69) is 19.2 Å². The van der Waals surface area contributed by atoms with Crippen LogP contribution in [0.15, 0.2) is 16.5 Å². The van der Waals surface area contributed by atoms with Gasteiger partial charge in [-0.15, -0.1) is 0 Å². The van der Waals surface area contributed by atoms with Gasteiger partial charge in [0, 0.05) is 0 Å². The molecule has 1 aromatic rings. The van der Waals surface area contributed by atoms with Crippen LogP contribution in [-0.4, -0.2) is 17.8 Å². The van der Waals surface area contributed by atoms with Crippen molar-refractivity contribution < 1.29 is 9.52 Å². The normalized spacial score (nSPS) is 17.1. The number of aryl methyl sites for hydroxylation is 1. The van der Waals surface area contributed by atoms with Crippen LogP contribution in [0.4, 0.5) is 0 Å². The van der Waals surface area contributed by atoms with Gasteiger partial charge < -0.3 is 14.8 Å². The number of furan rings is 1. The molecule has 0 aliphatic heterocycles. The molecule has 0 aromatic carbocycles. The van der Waals surface area contributed by atoms with Crippen molar-refractivity contribution in [3.8, 4) is 0 Å². The molecule has 3 heteroatoms. The van der Waals surface area contributed by atoms with Gasteiger partial charge in [0.05, 0.1) is 12.1 Å². The maximum atomic E-state index is 9.26. The topological polar surface area (TPSA) is 45.4 Å². The van der Waals surface area contributed by atoms with Crippen molar-refractivity contribution >= 4 is 0 Å². The van der Waals surface area contributed by atoms with Crippen LogP contribution in [0, 0.1) is 12.8 Å². The highest BCUT2D eigenvalue weighted by atomic mass is 16.3. The molecule has 1 heterocycles. The summed E-state index contributed by atoms with van der Waals surface area (Å²) in [7, 11) is 0. The van der Waals surface area contributed by atoms with E-state index in [4.69, 9.17) is 4.42 Å². The minimum Gasteiger partial charge on any atom is -0.465 e. The van der Waals surface area contributed by atoms with Gasteiger partial charge in [0.15, 0.2) is 0 Å². The highest BCUT2D eigenvalue weighted by molar-refractivity contribution is 5.08. The van der Waals surface area contributed by atoms with Gasteiger partial charge in [-0.2, -0.15) is 0 Å². The SMILES string of the molecule is Cc1ccc(C(C)NCC(C)CC(C)O)o1. The van der Waals surface area contributed by atoms with Gasteiger partial charge in [0.1, 0.15) is 11.5 Å². The molecule has 2 N–H and O–H groups in total. The summed E-state index contributed by atoms with van der Waals surface area (Å²) in [4.78, 5) is 0. The number of hydrogen-bond acceptors (Lipinski definition) is 3. The zero-order chi connectivity index (χ0) is 12.1. The highest BCUT2D eigenvalue weighted by Crippen LogP contribution is 2.16. The van der Waals surface area contributed by atoms with Crippen molar-refractivity contribution in [3.63, 3.8) is 0 Å². The molecule has 0 amide bonds. The molecule has 3 unspecified atom stereocenters. The molecule has 3 nitrogen and oxygen atoms in total. The van der Waals surface area contributed by atoms with Gasteiger partial charge in [-0.25, -0.2) is 0 Å². The van der Waals surface area contributed by atoms with E-state index in [1.165, 1.54) is 0 Å². The Bertz CT molecular complexity index is 307. The molecule has 0 saturated heterocycles. The van der Waals surface area contributed by atoms with E-state index in [9.17, 15) is 5.11 Å². The summed E-state index contributed by atoms with van der Waals surface area (Å²) in [6.45, 7) is 8.90. The fourth-order valence-electron chi connectivity index (χ4n) is 1.83. The van der Waals surface area contributed by atoms with Crippen molar-refractivity contribution in [2.75, 3.05) is 6.54 Å². The summed E-state index contributed by atoms with van der Waals surface area (Å²) < 4.78 is 5.55. The zero-order valence-electron chi connectivity index (χ0n) is 10.7. The van der Waals surface area contributed by atoms with Crippen LogP contribution >= 0.6 is 0 Å². The molecule has 0 bridgehead atoms. The van der Waals surface area contributed by atoms with Crippen LogP contribution in [-0.2, 0) is 0 Å². The maximum absolute atomic E-state index is 9.26. The summed E-state index contributed by atoms with van der Waals surface area (Å²) in [6, 6.07) is 4.21. The Balaban J connectivity index is 2.32. The number of rotatable bonds is 6. The second-order valence-electron chi connectivity index (χ2n) is 4.77. The fourth-order valence-corrected chi connectivity index (χ4v) is 1.83. The van der Waals surface area contributed by atoms with Gasteiger partial charge in [-0.05, 0) is 51.8 Å². The van der Waals surface area contributed by atoms with Crippen molar-refractivity contribution in [1.82, 2.24) is 5.32 Å². The molecule has 0 radical (unpaired) electrons. The lowest BCUT2D eigenvalue weighted by atomic mass is 10.0. The summed E-state index contributed by atoms with van der Waals surface area (Å²) in [5.74, 6) is 2.39. The Morgan fingerprint density at radius 3 is 2.50 bits per heavy atom. The zero-order valence-corrected chi connectivity index (χ0v) is 10.7. The summed E-state index contributed by atoms with van der Waals surface area (Å²) in [5, 5.41) is 12.7. The van der Waals surface area contributed by atoms with E-state index in [0.717, 1.165) is 24.5 Å². The van der Waals surface area contributed by atoms with Gasteiger partial charge in [-0.3, -0.25) is 0 Å². The first kappa shape index (κ1) is 13.3. The van der Waals surface area contributed by atoms with Gasteiger partial charge in [-0.1, -0.05) is 6.92 Å². The van der Waals surface area contributed by atoms with Gasteiger partial charge >= 0.3 is 0 Å². The van der Waals surface area contributed by atoms with Gasteiger partial charge in [0.2, 0.25) is 0 Å². The lowest BCUT2D eigenvalue weighted by Crippen LogP contribution is -2.25. The second-order valence-corrected chi connectivity index (χ2v) is 4.77. The predicted octanol–water partition coefficient (Wildman–Crippen LogP) is 2.65. The highest BCUT2D eigenvalue weighted by Gasteiger charge is 2.11. The van der Waals surface area contributed by atoms with Crippen LogP contribution in [0.3, 0.4) is 0 Å². The van der Waals surface area contributed by atoms with E-state index in [1.54, 1.807) is 0 Å². The molecule has 16 heavy (non-hydrogen) atoms. The molecular formula is C13H23NO2. The Hall–Kier alpha value is -0.800. The average Bonchev–Trinajstić information content (AvgIpc) is 2.60. The molecule has 0 aliphatic rings. The van der Waals surface area contributed by atoms with Crippen molar-refractivity contribution in [2.24, 2.45) is 5.92 Å². The van der Waals surface area contributed by atoms with Crippen molar-refractivity contribution in [2.45, 2.75) is 46.3 Å². The molecule has 3 atom stereocenters. The predicted molar refractivity (Wildman–Crippen MR) is 65.3 cm³/mol. The lowest BCUT2D eigenvalue weighted by molar-refractivity contribution is 0.162. The first-order chi connectivity index (χ1) is 7.49. The summed E-state index contributed by atoms with van der Waals surface area (Å²) in [6.07, 6.45) is 0.606. The van der Waals surface area contributed by atoms with Crippen molar-refractivity contribution in [1.29, 1.82) is 0 Å². The fraction of sp³-hybridized carbons (Fsp3) is 0.692. The molecule has 0 fully saturated rings. The minimum atomic E-state index is -0.224. The summed E-state index contributed by atoms with van der Waals surface area (Å²) >= 11 is 0. The number of aliphatic hydroxyl groups is 1. The molecule has 0 aliphatic carbocycles. The molecule has 1 aromatic heterocycles. The second kappa shape index (κ2) is 6.06. The lowest BCUT2D eigenvalue weighted by Gasteiger charge is -2.17. The molecule has 0 spiro atoms. The third kappa shape index (κ3) is 4.37. The number of hydrogen-bond donors (Lipinski definition) is 2. The quantitative estimate of drug-likeness (QED) is 0.782. The van der Waals surface area contributed by atoms with Crippen LogP contribution in [0.5, 0.6) is 0 Å². The number of aliphatic hydroxyl groups excluding tert-OH is 1. The van der Waals surface area contributed by atoms with E-state index < -0.39 is 0 Å².